The van der Waals surface area contributed by atoms with E-state index in [1.54, 1.807) is 87.5 Å². The van der Waals surface area contributed by atoms with E-state index in [4.69, 9.17) is 50.0 Å². The molecule has 0 radical (unpaired) electrons. The monoisotopic (exact) mass is 1740 g/mol. The molecule has 0 bridgehead atoms. The highest BCUT2D eigenvalue weighted by Crippen LogP contribution is 2.49. The molecule has 3 aliphatic heterocycles. The molecule has 10 N–H and O–H groups in total. The van der Waals surface area contributed by atoms with E-state index in [1.165, 1.54) is 63.8 Å². The molecule has 2 unspecified atom stereocenters. The van der Waals surface area contributed by atoms with Gasteiger partial charge in [-0.1, -0.05) is 0 Å². The van der Waals surface area contributed by atoms with E-state index in [-0.39, 0.29) is 172 Å². The Kier molecular flexibility index (Phi) is 26.4. The second kappa shape index (κ2) is 35.6. The van der Waals surface area contributed by atoms with Crippen LogP contribution in [0.3, 0.4) is 0 Å². The predicted molar refractivity (Wildman–Crippen MR) is 455 cm³/mol. The standard InChI is InChI=1S/C32H36FN3O6S.C28H28FN3O5.C21H28FN3O3S.C10H9NO4/c1-30(2,3)43(40)36-31(4)17-42-28-23(31)16-26(35-27(28)18-7-9-20(33)10-8-18)32(5,39)12-11-25(38)24-14-19-13-21(37)15-22(19)29(34-24)41-6;1-27(30)14-37-25-20(27)13-23(32-24(25)15-4-6-17(29)7-5-15)28(2,35)9-8-22(34)21-11-16-10-18(33)12-19(16)26(31-21)36-3;1-19(2,3)29(27)25-20(4)12-28-18-15(20)10-16(21(5,26)11-23)24-17(18)13-6-8-14(22)9-7-13;1-15-9-7-4-6(12)2-5(7)3-8(11-9)10(13)14/h7-10,14,16,36,39H,11-13,15,17H2,1-6H3;4-7,11,13,35H,8-10,12,14,30H2,1-3H3;6-10,25-26H,11-12,23H2,1-5H3;3H,2,4H2,1H3,(H,13,14)/t31-,32-,43?;27-,28-;20-,21-,29?;/m111./s1. The number of hydrogen-bond donors (Lipinski definition) is 8. The van der Waals surface area contributed by atoms with Gasteiger partial charge in [0.15, 0.2) is 34.5 Å². The molecule has 3 aromatic carbocycles. The van der Waals surface area contributed by atoms with Gasteiger partial charge in [0, 0.05) is 108 Å². The zero-order valence-corrected chi connectivity index (χ0v) is 73.2. The van der Waals surface area contributed by atoms with Crippen molar-refractivity contribution >= 4 is 56.9 Å². The lowest BCUT2D eigenvalue weighted by Gasteiger charge is -2.30. The minimum atomic E-state index is -1.57. The smallest absolute Gasteiger partial charge is 0.354 e. The molecule has 9 aromatic rings. The molecule has 33 heteroatoms. The van der Waals surface area contributed by atoms with Crippen LogP contribution < -0.4 is 49.3 Å². The number of ketones is 5. The number of carboxylic acid groups (broad SMARTS) is 1. The number of ether oxygens (including phenoxy) is 6. The number of carbonyl (C=O) groups excluding carboxylic acids is 5. The number of nitrogens with zero attached hydrogens (tertiary/aromatic N) is 6. The minimum absolute atomic E-state index is 0.0133. The molecule has 9 heterocycles. The van der Waals surface area contributed by atoms with Gasteiger partial charge in [0.25, 0.3) is 0 Å². The molecule has 0 saturated carbocycles. The number of aliphatic hydroxyl groups is 3. The Morgan fingerprint density at radius 3 is 1.07 bits per heavy atom. The fourth-order valence-corrected chi connectivity index (χ4v) is 16.5. The Morgan fingerprint density at radius 2 is 0.758 bits per heavy atom. The maximum absolute atomic E-state index is 13.8. The Balaban J connectivity index is 0.000000158. The second-order valence-electron chi connectivity index (χ2n) is 35.0. The zero-order chi connectivity index (χ0) is 90.5. The summed E-state index contributed by atoms with van der Waals surface area (Å²) in [5, 5.41) is 42.7. The van der Waals surface area contributed by atoms with Gasteiger partial charge in [-0.25, -0.2) is 65.7 Å². The summed E-state index contributed by atoms with van der Waals surface area (Å²) >= 11 is 0. The average Bonchev–Trinajstić information content (AvgIpc) is 1.57. The highest BCUT2D eigenvalue weighted by atomic mass is 32.2. The van der Waals surface area contributed by atoms with E-state index in [9.17, 15) is 65.7 Å². The summed E-state index contributed by atoms with van der Waals surface area (Å²) in [7, 11) is 1.54. The Morgan fingerprint density at radius 1 is 0.460 bits per heavy atom. The number of hydrogen-bond acceptors (Lipinski definition) is 25. The first-order valence-corrected chi connectivity index (χ1v) is 42.3. The predicted octanol–water partition coefficient (Wildman–Crippen LogP) is 11.1. The molecule has 0 amide bonds. The number of methoxy groups -OCH3 is 3. The number of nitrogens with one attached hydrogen (secondary N) is 2. The quantitative estimate of drug-likeness (QED) is 0.0276. The molecule has 6 aromatic heterocycles. The van der Waals surface area contributed by atoms with Gasteiger partial charge in [-0.05, 0) is 222 Å². The summed E-state index contributed by atoms with van der Waals surface area (Å²) in [5.74, 6) is -0.434. The summed E-state index contributed by atoms with van der Waals surface area (Å²) in [6, 6.07) is 27.4. The molecule has 15 rings (SSSR count). The average molecular weight is 1740 g/mol. The highest BCUT2D eigenvalue weighted by molar-refractivity contribution is 7.84. The van der Waals surface area contributed by atoms with Gasteiger partial charge in [-0.2, -0.15) is 0 Å². The van der Waals surface area contributed by atoms with Crippen LogP contribution in [0.2, 0.25) is 0 Å². The third-order valence-corrected chi connectivity index (χ3v) is 25.8. The van der Waals surface area contributed by atoms with Gasteiger partial charge in [0.2, 0.25) is 17.6 Å². The number of fused-ring (bicyclic) bond motifs is 6. The van der Waals surface area contributed by atoms with Crippen LogP contribution in [0.15, 0.2) is 109 Å². The number of benzene rings is 3. The fourth-order valence-electron chi connectivity index (χ4n) is 14.8. The topological polar surface area (TPSA) is 426 Å². The lowest BCUT2D eigenvalue weighted by Crippen LogP contribution is -2.47. The van der Waals surface area contributed by atoms with Crippen molar-refractivity contribution in [2.45, 2.75) is 190 Å². The van der Waals surface area contributed by atoms with Crippen LogP contribution in [-0.2, 0) is 108 Å². The van der Waals surface area contributed by atoms with Crippen molar-refractivity contribution in [1.82, 2.24) is 39.3 Å². The van der Waals surface area contributed by atoms with Crippen LogP contribution in [0.5, 0.6) is 34.9 Å². The Bertz CT molecular complexity index is 5780. The molecule has 6 aliphatic rings. The molecule has 8 atom stereocenters. The lowest BCUT2D eigenvalue weighted by molar-refractivity contribution is -0.117. The highest BCUT2D eigenvalue weighted by Gasteiger charge is 2.47. The van der Waals surface area contributed by atoms with Crippen molar-refractivity contribution in [1.29, 1.82) is 0 Å². The van der Waals surface area contributed by atoms with Gasteiger partial charge >= 0.3 is 5.97 Å². The maximum Gasteiger partial charge on any atom is 0.354 e. The van der Waals surface area contributed by atoms with Gasteiger partial charge < -0.3 is 60.3 Å². The van der Waals surface area contributed by atoms with E-state index in [0.717, 1.165) is 22.3 Å². The molecule has 656 valence electrons. The van der Waals surface area contributed by atoms with Crippen molar-refractivity contribution in [3.8, 4) is 68.7 Å². The number of halogens is 3. The molecule has 124 heavy (non-hydrogen) atoms. The Labute approximate surface area is 720 Å². The molecule has 28 nitrogen and oxygen atoms in total. The van der Waals surface area contributed by atoms with Crippen LogP contribution in [0.4, 0.5) is 13.2 Å². The zero-order valence-electron chi connectivity index (χ0n) is 71.6. The molecular weight excluding hydrogens is 1640 g/mol. The normalized spacial score (nSPS) is 19.5. The van der Waals surface area contributed by atoms with Crippen LogP contribution in [0, 0.1) is 17.5 Å². The number of carboxylic acids is 1. The molecule has 3 aliphatic carbocycles. The summed E-state index contributed by atoms with van der Waals surface area (Å²) < 4.78 is 106. The first-order chi connectivity index (χ1) is 58.1. The second-order valence-corrected chi connectivity index (χ2v) is 38.9. The van der Waals surface area contributed by atoms with Crippen molar-refractivity contribution in [2.24, 2.45) is 11.5 Å². The summed E-state index contributed by atoms with van der Waals surface area (Å²) in [5.41, 5.74) is 16.2. The summed E-state index contributed by atoms with van der Waals surface area (Å²) in [4.78, 5) is 98.7. The maximum atomic E-state index is 13.8. The number of Topliss-reactive ketones (excluding diaryl/α,β-unsaturated/α-hetero) is 5. The Hall–Kier alpha value is -11.0. The lowest BCUT2D eigenvalue weighted by atomic mass is 9.88. The third kappa shape index (κ3) is 19.9. The van der Waals surface area contributed by atoms with Crippen molar-refractivity contribution in [3.05, 3.63) is 211 Å². The number of aromatic carboxylic acids is 1. The van der Waals surface area contributed by atoms with Crippen LogP contribution in [0.1, 0.15) is 207 Å². The molecule has 0 spiro atoms. The van der Waals surface area contributed by atoms with Gasteiger partial charge in [0.05, 0.1) is 86.5 Å². The summed E-state index contributed by atoms with van der Waals surface area (Å²) in [6.07, 6.45) is 1.51. The number of nitrogens with two attached hydrogens (primary N) is 2. The molecular formula is C91H101F3N10O18S2. The van der Waals surface area contributed by atoms with E-state index in [2.05, 4.69) is 34.4 Å². The van der Waals surface area contributed by atoms with Crippen molar-refractivity contribution < 1.29 is 99.2 Å². The minimum Gasteiger partial charge on any atom is -0.489 e. The van der Waals surface area contributed by atoms with Gasteiger partial charge in [-0.15, -0.1) is 0 Å². The van der Waals surface area contributed by atoms with Crippen LogP contribution in [-0.4, -0.2) is 151 Å². The number of carbonyl (C=O) groups is 6. The van der Waals surface area contributed by atoms with E-state index in [1.807, 2.05) is 62.3 Å². The first kappa shape index (κ1) is 92.2. The number of rotatable bonds is 23. The third-order valence-electron chi connectivity index (χ3n) is 22.3. The molecule has 0 saturated heterocycles. The number of aromatic nitrogens is 6. The van der Waals surface area contributed by atoms with E-state index in [0.29, 0.717) is 90.2 Å². The SMILES string of the molecule is CC(C)(C)S(=O)N[C@]1(C)COc2c1cc([C@](C)(O)CN)nc2-c1ccc(F)cc1.COc1nc(C(=O)CC[C@@](C)(O)c2cc3c(c(-c4ccc(F)cc4)n2)OC[C@@]3(C)N)cc2c1CC(=O)C2.COc1nc(C(=O)CC[C@@](C)(O)c2cc3c(c(-c4ccc(F)cc4)n2)OC[C@@]3(C)NS(=O)C(C)(C)C)cc2c1CC(=O)C2.COc1nc(C(=O)O)cc2c1CC(=O)C2. The fraction of sp³-hybridized carbons (Fsp3) is 0.407. The van der Waals surface area contributed by atoms with Crippen molar-refractivity contribution in [3.63, 3.8) is 0 Å². The van der Waals surface area contributed by atoms with Gasteiger partial charge in [-0.3, -0.25) is 24.0 Å². The number of pyridine rings is 6. The van der Waals surface area contributed by atoms with E-state index < -0.39 is 76.7 Å². The van der Waals surface area contributed by atoms with Crippen molar-refractivity contribution in [2.75, 3.05) is 47.7 Å². The van der Waals surface area contributed by atoms with Crippen LogP contribution >= 0.6 is 0 Å². The molecule has 0 fully saturated rings. The van der Waals surface area contributed by atoms with Gasteiger partial charge in [0.1, 0.15) is 99.9 Å². The largest absolute Gasteiger partial charge is 0.489 e. The van der Waals surface area contributed by atoms with Crippen LogP contribution in [0.25, 0.3) is 33.8 Å². The van der Waals surface area contributed by atoms with E-state index >= 15 is 0 Å². The first-order valence-electron chi connectivity index (χ1n) is 40.0. The summed E-state index contributed by atoms with van der Waals surface area (Å²) in [6.45, 7) is 22.2.